The third-order valence-corrected chi connectivity index (χ3v) is 3.23. The van der Waals surface area contributed by atoms with Crippen molar-refractivity contribution in [3.63, 3.8) is 0 Å². The van der Waals surface area contributed by atoms with Crippen molar-refractivity contribution in [3.8, 4) is 23.5 Å². The summed E-state index contributed by atoms with van der Waals surface area (Å²) in [5.41, 5.74) is 1.30. The smallest absolute Gasteiger partial charge is 0.216 e. The lowest BCUT2D eigenvalue weighted by Gasteiger charge is -2.12. The summed E-state index contributed by atoms with van der Waals surface area (Å²) in [6, 6.07) is 8.69. The molecule has 0 N–H and O–H groups in total. The van der Waals surface area contributed by atoms with Gasteiger partial charge in [-0.05, 0) is 30.3 Å². The summed E-state index contributed by atoms with van der Waals surface area (Å²) >= 11 is 0. The van der Waals surface area contributed by atoms with Gasteiger partial charge in [0.15, 0.2) is 0 Å². The number of benzene rings is 2. The summed E-state index contributed by atoms with van der Waals surface area (Å²) in [7, 11) is 0. The third kappa shape index (κ3) is 2.38. The van der Waals surface area contributed by atoms with Crippen molar-refractivity contribution in [2.24, 2.45) is 4.99 Å². The van der Waals surface area contributed by atoms with Gasteiger partial charge in [0, 0.05) is 16.7 Å². The molecule has 0 atom stereocenters. The molecule has 0 bridgehead atoms. The van der Waals surface area contributed by atoms with Crippen molar-refractivity contribution in [3.05, 3.63) is 59.2 Å². The number of terminal acetylenes is 1. The summed E-state index contributed by atoms with van der Waals surface area (Å²) in [6.45, 7) is 0.997. The second-order valence-corrected chi connectivity index (χ2v) is 4.54. The Balaban J connectivity index is 2.27. The van der Waals surface area contributed by atoms with E-state index in [9.17, 15) is 8.78 Å². The molecule has 4 heteroatoms. The van der Waals surface area contributed by atoms with Crippen LogP contribution in [0, 0.1) is 24.0 Å². The zero-order valence-corrected chi connectivity index (χ0v) is 11.1. The Kier molecular flexibility index (Phi) is 3.41. The lowest BCUT2D eigenvalue weighted by atomic mass is 9.96. The lowest BCUT2D eigenvalue weighted by molar-refractivity contribution is 0.348. The normalized spacial score (nSPS) is 13.5. The number of hydrogen-bond acceptors (Lipinski definition) is 2. The molecule has 104 valence electrons. The third-order valence-electron chi connectivity index (χ3n) is 3.23. The highest BCUT2D eigenvalue weighted by molar-refractivity contribution is 6.01. The first-order valence-corrected chi connectivity index (χ1v) is 6.43. The molecule has 2 aromatic rings. The van der Waals surface area contributed by atoms with E-state index in [0.717, 1.165) is 0 Å². The molecule has 0 aliphatic carbocycles. The summed E-state index contributed by atoms with van der Waals surface area (Å²) in [6.07, 6.45) is 5.38. The van der Waals surface area contributed by atoms with E-state index >= 15 is 0 Å². The largest absolute Gasteiger partial charge is 0.475 e. The molecule has 1 aliphatic rings. The predicted molar refractivity (Wildman–Crippen MR) is 77.1 cm³/mol. The van der Waals surface area contributed by atoms with Gasteiger partial charge in [-0.25, -0.2) is 13.8 Å². The van der Waals surface area contributed by atoms with Crippen molar-refractivity contribution in [2.75, 3.05) is 13.2 Å². The molecule has 0 fully saturated rings. The molecule has 0 aromatic heterocycles. The maximum absolute atomic E-state index is 14.1. The van der Waals surface area contributed by atoms with Gasteiger partial charge in [-0.15, -0.1) is 6.42 Å². The molecule has 0 saturated heterocycles. The number of ether oxygens (including phenoxy) is 1. The van der Waals surface area contributed by atoms with Crippen LogP contribution in [0.15, 0.2) is 41.4 Å². The van der Waals surface area contributed by atoms with Crippen LogP contribution in [0.25, 0.3) is 11.1 Å². The van der Waals surface area contributed by atoms with Crippen molar-refractivity contribution in [2.45, 2.75) is 0 Å². The molecule has 2 aromatic carbocycles. The van der Waals surface area contributed by atoms with Crippen molar-refractivity contribution >= 4 is 5.90 Å². The highest BCUT2D eigenvalue weighted by Crippen LogP contribution is 2.31. The van der Waals surface area contributed by atoms with Crippen molar-refractivity contribution in [1.29, 1.82) is 0 Å². The minimum absolute atomic E-state index is 0.122. The maximum atomic E-state index is 14.1. The monoisotopic (exact) mass is 283 g/mol. The highest BCUT2D eigenvalue weighted by atomic mass is 19.1. The quantitative estimate of drug-likeness (QED) is 0.774. The fourth-order valence-electron chi connectivity index (χ4n) is 2.28. The van der Waals surface area contributed by atoms with Crippen LogP contribution in [0.1, 0.15) is 11.1 Å². The Morgan fingerprint density at radius 1 is 1.10 bits per heavy atom. The Labute approximate surface area is 121 Å². The average Bonchev–Trinajstić information content (AvgIpc) is 3.01. The summed E-state index contributed by atoms with van der Waals surface area (Å²) in [5, 5.41) is 0. The molecule has 1 heterocycles. The fraction of sp³-hybridized carbons (Fsp3) is 0.118. The van der Waals surface area contributed by atoms with Crippen LogP contribution in [0.5, 0.6) is 0 Å². The highest BCUT2D eigenvalue weighted by Gasteiger charge is 2.20. The van der Waals surface area contributed by atoms with Gasteiger partial charge < -0.3 is 4.74 Å². The minimum Gasteiger partial charge on any atom is -0.475 e. The van der Waals surface area contributed by atoms with E-state index in [0.29, 0.717) is 35.7 Å². The topological polar surface area (TPSA) is 21.6 Å². The Hall–Kier alpha value is -2.67. The Bertz CT molecular complexity index is 755. The van der Waals surface area contributed by atoms with Crippen LogP contribution in [0.3, 0.4) is 0 Å². The maximum Gasteiger partial charge on any atom is 0.216 e. The van der Waals surface area contributed by atoms with Crippen LogP contribution >= 0.6 is 0 Å². The number of hydrogen-bond donors (Lipinski definition) is 0. The molecule has 0 unspecified atom stereocenters. The number of rotatable bonds is 2. The van der Waals surface area contributed by atoms with E-state index in [1.807, 2.05) is 0 Å². The van der Waals surface area contributed by atoms with E-state index in [2.05, 4.69) is 10.9 Å². The Morgan fingerprint density at radius 3 is 2.48 bits per heavy atom. The van der Waals surface area contributed by atoms with Crippen LogP contribution in [0.2, 0.25) is 0 Å². The summed E-state index contributed by atoms with van der Waals surface area (Å²) < 4.78 is 33.5. The average molecular weight is 283 g/mol. The molecule has 1 aliphatic heterocycles. The van der Waals surface area contributed by atoms with Gasteiger partial charge >= 0.3 is 0 Å². The molecule has 3 rings (SSSR count). The van der Waals surface area contributed by atoms with Crippen molar-refractivity contribution in [1.82, 2.24) is 0 Å². The first-order chi connectivity index (χ1) is 10.2. The lowest BCUT2D eigenvalue weighted by Crippen LogP contribution is -2.05. The number of aliphatic imine (C=N–C) groups is 1. The number of halogens is 2. The van der Waals surface area contributed by atoms with E-state index in [1.54, 1.807) is 18.2 Å². The zero-order valence-electron chi connectivity index (χ0n) is 11.1. The molecule has 2 nitrogen and oxygen atoms in total. The van der Waals surface area contributed by atoms with Gasteiger partial charge in [0.2, 0.25) is 5.90 Å². The standard InChI is InChI=1S/C17H11F2NO/c1-2-11-6-7-12(17-20-8-9-21-17)13(10-11)16-14(18)4-3-5-15(16)19/h1,3-7,10H,8-9H2. The van der Waals surface area contributed by atoms with Crippen LogP contribution in [-0.2, 0) is 4.74 Å². The van der Waals surface area contributed by atoms with Crippen LogP contribution in [-0.4, -0.2) is 19.0 Å². The van der Waals surface area contributed by atoms with Crippen molar-refractivity contribution < 1.29 is 13.5 Å². The van der Waals surface area contributed by atoms with Gasteiger partial charge in [0.05, 0.1) is 12.1 Å². The fourth-order valence-corrected chi connectivity index (χ4v) is 2.28. The van der Waals surface area contributed by atoms with E-state index in [1.165, 1.54) is 18.2 Å². The summed E-state index contributed by atoms with van der Waals surface area (Å²) in [4.78, 5) is 4.20. The van der Waals surface area contributed by atoms with Crippen LogP contribution in [0.4, 0.5) is 8.78 Å². The first kappa shape index (κ1) is 13.3. The molecule has 0 spiro atoms. The van der Waals surface area contributed by atoms with E-state index in [4.69, 9.17) is 11.2 Å². The predicted octanol–water partition coefficient (Wildman–Crippen LogP) is 3.39. The molecular weight excluding hydrogens is 272 g/mol. The minimum atomic E-state index is -0.649. The van der Waals surface area contributed by atoms with Crippen LogP contribution < -0.4 is 0 Å². The van der Waals surface area contributed by atoms with Gasteiger partial charge in [-0.1, -0.05) is 12.0 Å². The molecule has 21 heavy (non-hydrogen) atoms. The molecular formula is C17H11F2NO. The van der Waals surface area contributed by atoms with E-state index in [-0.39, 0.29) is 5.56 Å². The first-order valence-electron chi connectivity index (χ1n) is 6.43. The molecule has 0 amide bonds. The number of nitrogens with zero attached hydrogens (tertiary/aromatic N) is 1. The SMILES string of the molecule is C#Cc1ccc(C2=NCCO2)c(-c2c(F)cccc2F)c1. The zero-order chi connectivity index (χ0) is 14.8. The van der Waals surface area contributed by atoms with Gasteiger partial charge in [0.25, 0.3) is 0 Å². The Morgan fingerprint density at radius 2 is 1.86 bits per heavy atom. The van der Waals surface area contributed by atoms with Gasteiger partial charge in [0.1, 0.15) is 18.2 Å². The second-order valence-electron chi connectivity index (χ2n) is 4.54. The van der Waals surface area contributed by atoms with E-state index < -0.39 is 11.6 Å². The van der Waals surface area contributed by atoms with Gasteiger partial charge in [-0.2, -0.15) is 0 Å². The summed E-state index contributed by atoms with van der Waals surface area (Å²) in [5.74, 6) is 1.56. The molecule has 0 saturated carbocycles. The van der Waals surface area contributed by atoms with Gasteiger partial charge in [-0.3, -0.25) is 0 Å². The second kappa shape index (κ2) is 5.37. The molecule has 0 radical (unpaired) electrons.